The number of amides is 1. The van der Waals surface area contributed by atoms with Gasteiger partial charge in [0.05, 0.1) is 6.61 Å². The van der Waals surface area contributed by atoms with E-state index in [-0.39, 0.29) is 11.9 Å². The van der Waals surface area contributed by atoms with Gasteiger partial charge in [0.25, 0.3) is 0 Å². The first-order valence-corrected chi connectivity index (χ1v) is 5.97. The standard InChI is InChI=1S/C12H26N2O2/c1-6-7-9(2)14-11(15)10(3)16-8-12(4,5)13/h9-10H,6-8,13H2,1-5H3,(H,14,15). The predicted octanol–water partition coefficient (Wildman–Crippen LogP) is 1.43. The van der Waals surface area contributed by atoms with Gasteiger partial charge in [-0.15, -0.1) is 0 Å². The Bertz CT molecular complexity index is 212. The average molecular weight is 230 g/mol. The molecule has 4 nitrogen and oxygen atoms in total. The molecule has 0 aliphatic rings. The van der Waals surface area contributed by atoms with Gasteiger partial charge in [0.2, 0.25) is 5.91 Å². The lowest BCUT2D eigenvalue weighted by atomic mass is 10.1. The first-order valence-electron chi connectivity index (χ1n) is 5.97. The first kappa shape index (κ1) is 15.4. The number of rotatable bonds is 7. The Kier molecular flexibility index (Phi) is 6.60. The molecule has 0 aromatic heterocycles. The molecule has 16 heavy (non-hydrogen) atoms. The number of nitrogens with two attached hydrogens (primary N) is 1. The zero-order chi connectivity index (χ0) is 12.8. The van der Waals surface area contributed by atoms with Crippen LogP contribution in [0.5, 0.6) is 0 Å². The zero-order valence-corrected chi connectivity index (χ0v) is 11.2. The van der Waals surface area contributed by atoms with Crippen LogP contribution in [0.2, 0.25) is 0 Å². The molecule has 2 atom stereocenters. The van der Waals surface area contributed by atoms with Crippen molar-refractivity contribution >= 4 is 5.91 Å². The molecule has 0 saturated carbocycles. The number of hydrogen-bond acceptors (Lipinski definition) is 3. The lowest BCUT2D eigenvalue weighted by molar-refractivity contribution is -0.133. The van der Waals surface area contributed by atoms with E-state index in [4.69, 9.17) is 10.5 Å². The number of hydrogen-bond donors (Lipinski definition) is 2. The van der Waals surface area contributed by atoms with E-state index in [0.29, 0.717) is 6.61 Å². The smallest absolute Gasteiger partial charge is 0.249 e. The van der Waals surface area contributed by atoms with Gasteiger partial charge in [-0.2, -0.15) is 0 Å². The van der Waals surface area contributed by atoms with Crippen LogP contribution in [0.25, 0.3) is 0 Å². The van der Waals surface area contributed by atoms with Gasteiger partial charge < -0.3 is 15.8 Å². The fourth-order valence-corrected chi connectivity index (χ4v) is 1.28. The summed E-state index contributed by atoms with van der Waals surface area (Å²) in [6, 6.07) is 0.203. The molecular formula is C12H26N2O2. The fourth-order valence-electron chi connectivity index (χ4n) is 1.28. The van der Waals surface area contributed by atoms with Gasteiger partial charge in [-0.05, 0) is 34.1 Å². The van der Waals surface area contributed by atoms with E-state index >= 15 is 0 Å². The molecule has 1 amide bonds. The van der Waals surface area contributed by atoms with Crippen molar-refractivity contribution in [1.82, 2.24) is 5.32 Å². The third-order valence-corrected chi connectivity index (χ3v) is 2.18. The van der Waals surface area contributed by atoms with Crippen molar-refractivity contribution in [3.05, 3.63) is 0 Å². The molecule has 2 unspecified atom stereocenters. The van der Waals surface area contributed by atoms with Crippen molar-refractivity contribution in [1.29, 1.82) is 0 Å². The maximum Gasteiger partial charge on any atom is 0.249 e. The zero-order valence-electron chi connectivity index (χ0n) is 11.2. The number of carbonyl (C=O) groups is 1. The van der Waals surface area contributed by atoms with Crippen LogP contribution in [0.15, 0.2) is 0 Å². The molecule has 4 heteroatoms. The molecule has 0 aromatic carbocycles. The molecule has 0 heterocycles. The van der Waals surface area contributed by atoms with Crippen LogP contribution in [0.4, 0.5) is 0 Å². The molecule has 0 spiro atoms. The third-order valence-electron chi connectivity index (χ3n) is 2.18. The highest BCUT2D eigenvalue weighted by atomic mass is 16.5. The summed E-state index contributed by atoms with van der Waals surface area (Å²) in [5.74, 6) is -0.0646. The highest BCUT2D eigenvalue weighted by Crippen LogP contribution is 2.02. The quantitative estimate of drug-likeness (QED) is 0.695. The van der Waals surface area contributed by atoms with E-state index < -0.39 is 11.6 Å². The van der Waals surface area contributed by atoms with E-state index in [0.717, 1.165) is 12.8 Å². The topological polar surface area (TPSA) is 64.3 Å². The van der Waals surface area contributed by atoms with Gasteiger partial charge in [0, 0.05) is 11.6 Å². The Morgan fingerprint density at radius 2 is 2.00 bits per heavy atom. The van der Waals surface area contributed by atoms with Crippen molar-refractivity contribution < 1.29 is 9.53 Å². The summed E-state index contributed by atoms with van der Waals surface area (Å²) in [4.78, 5) is 11.7. The highest BCUT2D eigenvalue weighted by molar-refractivity contribution is 5.80. The molecule has 0 rings (SSSR count). The highest BCUT2D eigenvalue weighted by Gasteiger charge is 2.19. The summed E-state index contributed by atoms with van der Waals surface area (Å²) >= 11 is 0. The van der Waals surface area contributed by atoms with Crippen LogP contribution >= 0.6 is 0 Å². The average Bonchev–Trinajstić information content (AvgIpc) is 2.13. The summed E-state index contributed by atoms with van der Waals surface area (Å²) in [6.07, 6.45) is 1.61. The SMILES string of the molecule is CCCC(C)NC(=O)C(C)OCC(C)(C)N. The van der Waals surface area contributed by atoms with Crippen LogP contribution in [-0.2, 0) is 9.53 Å². The largest absolute Gasteiger partial charge is 0.367 e. The van der Waals surface area contributed by atoms with Gasteiger partial charge in [0.15, 0.2) is 0 Å². The molecule has 0 saturated heterocycles. The fraction of sp³-hybridized carbons (Fsp3) is 0.917. The minimum absolute atomic E-state index is 0.0646. The third kappa shape index (κ3) is 7.65. The lowest BCUT2D eigenvalue weighted by Crippen LogP contribution is -2.44. The van der Waals surface area contributed by atoms with Crippen molar-refractivity contribution in [3.63, 3.8) is 0 Å². The second-order valence-corrected chi connectivity index (χ2v) is 5.14. The van der Waals surface area contributed by atoms with Gasteiger partial charge >= 0.3 is 0 Å². The van der Waals surface area contributed by atoms with Crippen LogP contribution in [0, 0.1) is 0 Å². The summed E-state index contributed by atoms with van der Waals surface area (Å²) < 4.78 is 5.41. The van der Waals surface area contributed by atoms with Gasteiger partial charge in [0.1, 0.15) is 6.10 Å². The molecule has 0 radical (unpaired) electrons. The monoisotopic (exact) mass is 230 g/mol. The normalized spacial score (nSPS) is 15.6. The predicted molar refractivity (Wildman–Crippen MR) is 66.2 cm³/mol. The lowest BCUT2D eigenvalue weighted by Gasteiger charge is -2.22. The second-order valence-electron chi connectivity index (χ2n) is 5.14. The minimum Gasteiger partial charge on any atom is -0.367 e. The Labute approximate surface area is 98.9 Å². The number of carbonyl (C=O) groups excluding carboxylic acids is 1. The molecule has 0 aliphatic carbocycles. The van der Waals surface area contributed by atoms with Crippen LogP contribution < -0.4 is 11.1 Å². The maximum atomic E-state index is 11.7. The summed E-state index contributed by atoms with van der Waals surface area (Å²) in [6.45, 7) is 9.97. The van der Waals surface area contributed by atoms with Crippen LogP contribution in [-0.4, -0.2) is 30.2 Å². The van der Waals surface area contributed by atoms with E-state index in [1.165, 1.54) is 0 Å². The van der Waals surface area contributed by atoms with Gasteiger partial charge in [-0.25, -0.2) is 0 Å². The molecule has 0 fully saturated rings. The number of nitrogens with one attached hydrogen (secondary N) is 1. The molecule has 0 aliphatic heterocycles. The molecule has 3 N–H and O–H groups in total. The van der Waals surface area contributed by atoms with Crippen molar-refractivity contribution in [2.75, 3.05) is 6.61 Å². The second kappa shape index (κ2) is 6.86. The van der Waals surface area contributed by atoms with Crippen LogP contribution in [0.3, 0.4) is 0 Å². The van der Waals surface area contributed by atoms with E-state index in [2.05, 4.69) is 12.2 Å². The Morgan fingerprint density at radius 3 is 2.44 bits per heavy atom. The maximum absolute atomic E-state index is 11.7. The molecule has 0 aromatic rings. The van der Waals surface area contributed by atoms with Crippen molar-refractivity contribution in [3.8, 4) is 0 Å². The molecular weight excluding hydrogens is 204 g/mol. The minimum atomic E-state index is -0.442. The van der Waals surface area contributed by atoms with Crippen LogP contribution in [0.1, 0.15) is 47.5 Å². The van der Waals surface area contributed by atoms with Gasteiger partial charge in [-0.1, -0.05) is 13.3 Å². The van der Waals surface area contributed by atoms with Crippen molar-refractivity contribution in [2.24, 2.45) is 5.73 Å². The summed E-state index contributed by atoms with van der Waals surface area (Å²) in [5, 5.41) is 2.91. The number of ether oxygens (including phenoxy) is 1. The summed E-state index contributed by atoms with van der Waals surface area (Å²) in [7, 11) is 0. The Morgan fingerprint density at radius 1 is 1.44 bits per heavy atom. The first-order chi connectivity index (χ1) is 7.26. The Balaban J connectivity index is 3.90. The Hall–Kier alpha value is -0.610. The van der Waals surface area contributed by atoms with Gasteiger partial charge in [-0.3, -0.25) is 4.79 Å². The molecule has 96 valence electrons. The molecule has 0 bridgehead atoms. The van der Waals surface area contributed by atoms with Crippen molar-refractivity contribution in [2.45, 2.75) is 65.1 Å². The van der Waals surface area contributed by atoms with E-state index in [9.17, 15) is 4.79 Å². The van der Waals surface area contributed by atoms with E-state index in [1.807, 2.05) is 20.8 Å². The summed E-state index contributed by atoms with van der Waals surface area (Å²) in [5.41, 5.74) is 5.38. The van der Waals surface area contributed by atoms with E-state index in [1.54, 1.807) is 6.92 Å².